The maximum Gasteiger partial charge on any atom is 0.291 e. The first-order valence-corrected chi connectivity index (χ1v) is 19.0. The molecule has 2 atom stereocenters. The van der Waals surface area contributed by atoms with Crippen LogP contribution in [-0.4, -0.2) is 97.7 Å². The summed E-state index contributed by atoms with van der Waals surface area (Å²) in [6, 6.07) is 19.9. The average Bonchev–Trinajstić information content (AvgIpc) is 4.10. The largest absolute Gasteiger partial charge is 0.353 e. The highest BCUT2D eigenvalue weighted by atomic mass is 35.5. The molecule has 16 nitrogen and oxygen atoms in total. The molecule has 8 aromatic rings. The molecule has 0 bridgehead atoms. The Hall–Kier alpha value is -7.05. The van der Waals surface area contributed by atoms with Crippen molar-refractivity contribution in [2.45, 2.75) is 32.4 Å². The highest BCUT2D eigenvalue weighted by Gasteiger charge is 2.27. The first-order valence-electron chi connectivity index (χ1n) is 18.6. The lowest BCUT2D eigenvalue weighted by Crippen LogP contribution is -2.37. The van der Waals surface area contributed by atoms with Gasteiger partial charge in [-0.3, -0.25) is 9.59 Å². The maximum atomic E-state index is 13.1. The van der Waals surface area contributed by atoms with E-state index in [1.54, 1.807) is 18.3 Å². The Bertz CT molecular complexity index is 2700. The third kappa shape index (κ3) is 9.29. The smallest absolute Gasteiger partial charge is 0.291 e. The van der Waals surface area contributed by atoms with Gasteiger partial charge < -0.3 is 29.7 Å². The molecule has 60 heavy (non-hydrogen) atoms. The van der Waals surface area contributed by atoms with Gasteiger partial charge in [0.2, 0.25) is 11.6 Å². The van der Waals surface area contributed by atoms with E-state index in [2.05, 4.69) is 55.7 Å². The van der Waals surface area contributed by atoms with Gasteiger partial charge in [0.25, 0.3) is 11.1 Å². The number of hydrogen-bond acceptors (Lipinski definition) is 11. The van der Waals surface area contributed by atoms with Crippen LogP contribution in [0.2, 0.25) is 0 Å². The minimum absolute atomic E-state index is 0. The highest BCUT2D eigenvalue weighted by Crippen LogP contribution is 2.24. The van der Waals surface area contributed by atoms with E-state index in [9.17, 15) is 18.4 Å². The van der Waals surface area contributed by atoms with Gasteiger partial charge in [0.05, 0.1) is 22.4 Å². The Balaban J connectivity index is 0.000000148. The standard InChI is InChI=1S/C20H18FN7O.C11H14N4.C9H5ClFN3O.CH4/c21-14-3-5-16(6-4-14)28-13-23-18(25-28)20(29)24-15-7-10-27(12-15)19-17-2-1-9-26(17)11-8-22-19;12-9-3-6-15(8-9)11-10-2-1-5-14(10)7-4-13-11;10-8(15)9-12-5-14(13-9)7-3-1-6(11)2-4-7;/h1-6,8-9,11,13,15H,7,10,12H2,(H,24,29);1-2,4-5,7,9H,3,6,8,12H2;1-5H;1H4/t15-;9-;;/m00../s1. The summed E-state index contributed by atoms with van der Waals surface area (Å²) >= 11 is 5.19. The Morgan fingerprint density at radius 2 is 1.17 bits per heavy atom. The van der Waals surface area contributed by atoms with Crippen molar-refractivity contribution in [2.75, 3.05) is 36.0 Å². The monoisotopic (exact) mass is 834 g/mol. The van der Waals surface area contributed by atoms with Gasteiger partial charge in [-0.1, -0.05) is 7.43 Å². The molecule has 308 valence electrons. The summed E-state index contributed by atoms with van der Waals surface area (Å²) in [7, 11) is 0. The van der Waals surface area contributed by atoms with Gasteiger partial charge in [-0.05, 0) is 97.2 Å². The fourth-order valence-electron chi connectivity index (χ4n) is 6.85. The van der Waals surface area contributed by atoms with Gasteiger partial charge >= 0.3 is 0 Å². The summed E-state index contributed by atoms with van der Waals surface area (Å²) in [5.74, 6) is 0.964. The van der Waals surface area contributed by atoms with Crippen LogP contribution in [-0.2, 0) is 0 Å². The summed E-state index contributed by atoms with van der Waals surface area (Å²) in [4.78, 5) is 44.4. The maximum absolute atomic E-state index is 13.1. The van der Waals surface area contributed by atoms with Crippen LogP contribution in [0.1, 0.15) is 41.5 Å². The predicted octanol–water partition coefficient (Wildman–Crippen LogP) is 5.36. The topological polar surface area (TPSA) is 175 Å². The Kier molecular flexibility index (Phi) is 12.5. The number of carbonyl (C=O) groups is 2. The molecule has 0 spiro atoms. The summed E-state index contributed by atoms with van der Waals surface area (Å²) in [6.07, 6.45) is 16.2. The molecule has 0 radical (unpaired) electrons. The number of nitrogens with zero attached hydrogens (tertiary/aromatic N) is 12. The number of amides is 1. The van der Waals surface area contributed by atoms with E-state index in [4.69, 9.17) is 17.3 Å². The fourth-order valence-corrected chi connectivity index (χ4v) is 6.94. The number of hydrogen-bond donors (Lipinski definition) is 2. The Morgan fingerprint density at radius 3 is 1.67 bits per heavy atom. The molecule has 6 aromatic heterocycles. The molecule has 2 aliphatic heterocycles. The van der Waals surface area contributed by atoms with Crippen LogP contribution < -0.4 is 20.9 Å². The van der Waals surface area contributed by atoms with Crippen molar-refractivity contribution in [2.24, 2.45) is 5.73 Å². The molecule has 2 aliphatic rings. The van der Waals surface area contributed by atoms with E-state index >= 15 is 0 Å². The molecule has 0 aliphatic carbocycles. The van der Waals surface area contributed by atoms with Gasteiger partial charge in [0, 0.05) is 75.4 Å². The zero-order chi connectivity index (χ0) is 40.9. The third-order valence-corrected chi connectivity index (χ3v) is 9.93. The predicted molar refractivity (Wildman–Crippen MR) is 223 cm³/mol. The molecule has 0 unspecified atom stereocenters. The molecular formula is C41H41ClF2N14O2. The van der Waals surface area contributed by atoms with Crippen LogP contribution in [0, 0.1) is 11.6 Å². The normalized spacial score (nSPS) is 15.9. The summed E-state index contributed by atoms with van der Waals surface area (Å²) in [6.45, 7) is 3.40. The Morgan fingerprint density at radius 1 is 0.667 bits per heavy atom. The van der Waals surface area contributed by atoms with Gasteiger partial charge in [0.15, 0.2) is 11.6 Å². The zero-order valence-corrected chi connectivity index (χ0v) is 32.1. The number of anilines is 2. The molecule has 2 saturated heterocycles. The lowest BCUT2D eigenvalue weighted by molar-refractivity contribution is 0.0929. The number of nitrogens with one attached hydrogen (secondary N) is 1. The number of carbonyl (C=O) groups excluding carboxylic acids is 2. The molecule has 19 heteroatoms. The molecule has 1 amide bonds. The average molecular weight is 835 g/mol. The number of benzene rings is 2. The van der Waals surface area contributed by atoms with E-state index in [1.807, 2.05) is 53.6 Å². The minimum atomic E-state index is -0.726. The number of aromatic nitrogens is 10. The second-order valence-electron chi connectivity index (χ2n) is 13.8. The van der Waals surface area contributed by atoms with E-state index < -0.39 is 5.24 Å². The number of rotatable bonds is 7. The number of fused-ring (bicyclic) bond motifs is 2. The van der Waals surface area contributed by atoms with Crippen LogP contribution in [0.3, 0.4) is 0 Å². The van der Waals surface area contributed by atoms with E-state index in [1.165, 1.54) is 58.4 Å². The van der Waals surface area contributed by atoms with Gasteiger partial charge in [-0.15, -0.1) is 10.2 Å². The zero-order valence-electron chi connectivity index (χ0n) is 31.3. The van der Waals surface area contributed by atoms with Crippen LogP contribution >= 0.6 is 11.6 Å². The number of nitrogens with two attached hydrogens (primary N) is 1. The quantitative estimate of drug-likeness (QED) is 0.198. The van der Waals surface area contributed by atoms with E-state index in [-0.39, 0.29) is 42.7 Å². The van der Waals surface area contributed by atoms with Crippen LogP contribution in [0.25, 0.3) is 22.4 Å². The van der Waals surface area contributed by atoms with E-state index in [0.29, 0.717) is 24.0 Å². The number of halogens is 3. The minimum Gasteiger partial charge on any atom is -0.353 e. The third-order valence-electron chi connectivity index (χ3n) is 9.76. The summed E-state index contributed by atoms with van der Waals surface area (Å²) in [5, 5.41) is 10.3. The SMILES string of the molecule is C.N[C@H]1CCN(c2nccn3cccc23)C1.O=C(Cl)c1ncn(-c2ccc(F)cc2)n1.O=C(N[C@H]1CCN(c2nccn3cccc23)C1)c1ncn(-c2ccc(F)cc2)n1. The van der Waals surface area contributed by atoms with Crippen molar-refractivity contribution in [3.63, 3.8) is 0 Å². The van der Waals surface area contributed by atoms with Crippen molar-refractivity contribution in [3.05, 3.63) is 146 Å². The fraction of sp³-hybridized carbons (Fsp3) is 0.220. The second-order valence-corrected chi connectivity index (χ2v) is 14.1. The van der Waals surface area contributed by atoms with Gasteiger partial charge in [-0.2, -0.15) is 0 Å². The molecule has 3 N–H and O–H groups in total. The van der Waals surface area contributed by atoms with Crippen molar-refractivity contribution in [1.29, 1.82) is 0 Å². The second kappa shape index (κ2) is 18.3. The van der Waals surface area contributed by atoms with Crippen molar-refractivity contribution >= 4 is 45.4 Å². The molecule has 0 saturated carbocycles. The highest BCUT2D eigenvalue weighted by molar-refractivity contribution is 6.67. The summed E-state index contributed by atoms with van der Waals surface area (Å²) in [5.41, 5.74) is 9.35. The van der Waals surface area contributed by atoms with Crippen molar-refractivity contribution in [1.82, 2.24) is 53.6 Å². The molecule has 2 fully saturated rings. The lowest BCUT2D eigenvalue weighted by atomic mass is 10.2. The molecule has 2 aromatic carbocycles. The lowest BCUT2D eigenvalue weighted by Gasteiger charge is -2.18. The van der Waals surface area contributed by atoms with Crippen molar-refractivity contribution < 1.29 is 18.4 Å². The van der Waals surface area contributed by atoms with Crippen LogP contribution in [0.4, 0.5) is 20.4 Å². The Labute approximate surface area is 347 Å². The first-order chi connectivity index (χ1) is 28.7. The first kappa shape index (κ1) is 41.1. The molecular weight excluding hydrogens is 794 g/mol. The van der Waals surface area contributed by atoms with Crippen LogP contribution in [0.5, 0.6) is 0 Å². The molecule has 10 rings (SSSR count). The van der Waals surface area contributed by atoms with Crippen LogP contribution in [0.15, 0.2) is 123 Å². The molecule has 8 heterocycles. The van der Waals surface area contributed by atoms with E-state index in [0.717, 1.165) is 55.1 Å². The summed E-state index contributed by atoms with van der Waals surface area (Å²) < 4.78 is 32.6. The van der Waals surface area contributed by atoms with Gasteiger partial charge in [-0.25, -0.2) is 38.1 Å². The van der Waals surface area contributed by atoms with Crippen molar-refractivity contribution in [3.8, 4) is 11.4 Å². The van der Waals surface area contributed by atoms with Gasteiger partial charge in [0.1, 0.15) is 24.3 Å².